The third-order valence-electron chi connectivity index (χ3n) is 3.48. The van der Waals surface area contributed by atoms with Crippen LogP contribution in [0.25, 0.3) is 6.08 Å². The van der Waals surface area contributed by atoms with Crippen molar-refractivity contribution in [1.82, 2.24) is 5.32 Å². The standard InChI is InChI=1S/C16H15NO7/c1-3-4-8-13-10(7-9(18)14(8)22)24-15(23)16(13,2)17-11(19)5-6-12(20)21/h3-7,18,22H,1-2H3,(H,17,19)(H,20,21)/b4-3+,6-5+/t16-/m1/s1. The summed E-state index contributed by atoms with van der Waals surface area (Å²) in [5.74, 6) is -3.92. The minimum absolute atomic E-state index is 0.00610. The Labute approximate surface area is 136 Å². The molecule has 0 fully saturated rings. The molecule has 126 valence electrons. The van der Waals surface area contributed by atoms with Gasteiger partial charge in [0.1, 0.15) is 5.75 Å². The van der Waals surface area contributed by atoms with Crippen molar-refractivity contribution in [2.75, 3.05) is 0 Å². The zero-order valence-electron chi connectivity index (χ0n) is 12.9. The molecule has 0 bridgehead atoms. The van der Waals surface area contributed by atoms with Crippen molar-refractivity contribution in [2.24, 2.45) is 0 Å². The van der Waals surface area contributed by atoms with Gasteiger partial charge in [-0.25, -0.2) is 9.59 Å². The van der Waals surface area contributed by atoms with E-state index < -0.39 is 34.9 Å². The van der Waals surface area contributed by atoms with Gasteiger partial charge in [0.25, 0.3) is 0 Å². The number of amides is 1. The number of phenols is 2. The molecule has 1 atom stereocenters. The third kappa shape index (κ3) is 2.81. The predicted molar refractivity (Wildman–Crippen MR) is 82.4 cm³/mol. The van der Waals surface area contributed by atoms with Crippen LogP contribution < -0.4 is 10.1 Å². The lowest BCUT2D eigenvalue weighted by Crippen LogP contribution is -2.47. The van der Waals surface area contributed by atoms with Gasteiger partial charge in [0.15, 0.2) is 17.0 Å². The summed E-state index contributed by atoms with van der Waals surface area (Å²) >= 11 is 0. The molecule has 0 unspecified atom stereocenters. The molecule has 8 heteroatoms. The Kier molecular flexibility index (Phi) is 4.32. The fraction of sp³-hybridized carbons (Fsp3) is 0.188. The van der Waals surface area contributed by atoms with Crippen LogP contribution in [0.4, 0.5) is 0 Å². The van der Waals surface area contributed by atoms with Crippen molar-refractivity contribution in [3.63, 3.8) is 0 Å². The highest BCUT2D eigenvalue weighted by atomic mass is 16.5. The van der Waals surface area contributed by atoms with Crippen LogP contribution in [0.15, 0.2) is 24.3 Å². The number of allylic oxidation sites excluding steroid dienone is 1. The lowest BCUT2D eigenvalue weighted by Gasteiger charge is -2.23. The lowest BCUT2D eigenvalue weighted by atomic mass is 9.88. The monoisotopic (exact) mass is 333 g/mol. The number of aromatic hydroxyl groups is 2. The molecule has 1 aliphatic heterocycles. The highest BCUT2D eigenvalue weighted by molar-refractivity contribution is 6.00. The number of carboxylic acids is 1. The van der Waals surface area contributed by atoms with Crippen molar-refractivity contribution in [3.05, 3.63) is 35.4 Å². The van der Waals surface area contributed by atoms with Crippen LogP contribution in [0.1, 0.15) is 25.0 Å². The predicted octanol–water partition coefficient (Wildman–Crippen LogP) is 1.02. The van der Waals surface area contributed by atoms with Crippen molar-refractivity contribution in [1.29, 1.82) is 0 Å². The van der Waals surface area contributed by atoms with Crippen LogP contribution in [-0.2, 0) is 19.9 Å². The van der Waals surface area contributed by atoms with Crippen LogP contribution in [0, 0.1) is 0 Å². The summed E-state index contributed by atoms with van der Waals surface area (Å²) in [5.41, 5.74) is -1.38. The number of nitrogens with one attached hydrogen (secondary N) is 1. The molecule has 2 rings (SSSR count). The normalized spacial score (nSPS) is 19.5. The second-order valence-corrected chi connectivity index (χ2v) is 5.21. The molecule has 8 nitrogen and oxygen atoms in total. The number of ether oxygens (including phenoxy) is 1. The largest absolute Gasteiger partial charge is 0.504 e. The molecule has 0 saturated carbocycles. The van der Waals surface area contributed by atoms with Crippen LogP contribution in [0.3, 0.4) is 0 Å². The smallest absolute Gasteiger partial charge is 0.341 e. The number of carbonyl (C=O) groups excluding carboxylic acids is 2. The van der Waals surface area contributed by atoms with E-state index in [9.17, 15) is 24.6 Å². The number of carboxylic acid groups (broad SMARTS) is 1. The summed E-state index contributed by atoms with van der Waals surface area (Å²) in [6, 6.07) is 1.07. The number of phenolic OH excluding ortho intramolecular Hbond substituents is 2. The van der Waals surface area contributed by atoms with E-state index in [-0.39, 0.29) is 16.9 Å². The molecular weight excluding hydrogens is 318 g/mol. The number of esters is 1. The highest BCUT2D eigenvalue weighted by Gasteiger charge is 2.48. The maximum atomic E-state index is 12.2. The Bertz CT molecular complexity index is 794. The van der Waals surface area contributed by atoms with E-state index in [1.54, 1.807) is 13.0 Å². The first kappa shape index (κ1) is 17.1. The van der Waals surface area contributed by atoms with Gasteiger partial charge in [-0.3, -0.25) is 4.79 Å². The second-order valence-electron chi connectivity index (χ2n) is 5.21. The van der Waals surface area contributed by atoms with E-state index in [1.165, 1.54) is 13.0 Å². The maximum Gasteiger partial charge on any atom is 0.341 e. The van der Waals surface area contributed by atoms with Gasteiger partial charge in [0.05, 0.1) is 0 Å². The molecule has 0 saturated heterocycles. The van der Waals surface area contributed by atoms with Crippen molar-refractivity contribution >= 4 is 23.9 Å². The molecule has 1 heterocycles. The quantitative estimate of drug-likeness (QED) is 0.280. The van der Waals surface area contributed by atoms with Gasteiger partial charge in [-0.2, -0.15) is 0 Å². The van der Waals surface area contributed by atoms with Crippen molar-refractivity contribution < 1.29 is 34.4 Å². The molecule has 0 spiro atoms. The van der Waals surface area contributed by atoms with Gasteiger partial charge in [-0.15, -0.1) is 0 Å². The summed E-state index contributed by atoms with van der Waals surface area (Å²) in [6.45, 7) is 3.02. The summed E-state index contributed by atoms with van der Waals surface area (Å²) in [4.78, 5) is 34.6. The fourth-order valence-corrected chi connectivity index (χ4v) is 2.43. The molecule has 1 aromatic carbocycles. The summed E-state index contributed by atoms with van der Waals surface area (Å²) in [5, 5.41) is 30.7. The van der Waals surface area contributed by atoms with Gasteiger partial charge in [-0.05, 0) is 13.8 Å². The summed E-state index contributed by atoms with van der Waals surface area (Å²) < 4.78 is 5.07. The SMILES string of the molecule is C/C=C/c1c(O)c(O)cc2c1[C@@](C)(NC(=O)/C=C/C(=O)O)C(=O)O2. The number of hydrogen-bond donors (Lipinski definition) is 4. The molecular formula is C16H15NO7. The van der Waals surface area contributed by atoms with E-state index in [0.717, 1.165) is 12.1 Å². The lowest BCUT2D eigenvalue weighted by molar-refractivity contribution is -0.141. The Morgan fingerprint density at radius 2 is 1.96 bits per heavy atom. The Morgan fingerprint density at radius 3 is 2.54 bits per heavy atom. The number of fused-ring (bicyclic) bond motifs is 1. The van der Waals surface area contributed by atoms with E-state index >= 15 is 0 Å². The summed E-state index contributed by atoms with van der Waals surface area (Å²) in [6.07, 6.45) is 4.41. The van der Waals surface area contributed by atoms with Crippen LogP contribution in [0.2, 0.25) is 0 Å². The van der Waals surface area contributed by atoms with Gasteiger partial charge in [0, 0.05) is 29.3 Å². The van der Waals surface area contributed by atoms with Crippen molar-refractivity contribution in [3.8, 4) is 17.2 Å². The first-order valence-corrected chi connectivity index (χ1v) is 6.88. The van der Waals surface area contributed by atoms with Crippen LogP contribution in [0.5, 0.6) is 17.2 Å². The number of hydrogen-bond acceptors (Lipinski definition) is 6. The van der Waals surface area contributed by atoms with E-state index in [4.69, 9.17) is 9.84 Å². The fourth-order valence-electron chi connectivity index (χ4n) is 2.43. The Morgan fingerprint density at radius 1 is 1.29 bits per heavy atom. The molecule has 0 radical (unpaired) electrons. The second kappa shape index (κ2) is 6.07. The first-order chi connectivity index (χ1) is 11.2. The Balaban J connectivity index is 2.56. The van der Waals surface area contributed by atoms with Gasteiger partial charge < -0.3 is 25.4 Å². The van der Waals surface area contributed by atoms with Gasteiger partial charge in [-0.1, -0.05) is 12.2 Å². The number of aliphatic carboxylic acids is 1. The number of rotatable bonds is 4. The van der Waals surface area contributed by atoms with E-state index in [2.05, 4.69) is 5.32 Å². The molecule has 1 amide bonds. The Hall–Kier alpha value is -3.29. The van der Waals surface area contributed by atoms with E-state index in [0.29, 0.717) is 6.08 Å². The highest BCUT2D eigenvalue weighted by Crippen LogP contribution is 2.47. The number of carbonyl (C=O) groups is 3. The first-order valence-electron chi connectivity index (χ1n) is 6.88. The minimum atomic E-state index is -1.66. The zero-order valence-corrected chi connectivity index (χ0v) is 12.9. The van der Waals surface area contributed by atoms with Gasteiger partial charge >= 0.3 is 11.9 Å². The minimum Gasteiger partial charge on any atom is -0.504 e. The maximum absolute atomic E-state index is 12.2. The average molecular weight is 333 g/mol. The molecule has 0 aromatic heterocycles. The summed E-state index contributed by atoms with van der Waals surface area (Å²) in [7, 11) is 0. The molecule has 1 aliphatic rings. The molecule has 1 aromatic rings. The molecule has 4 N–H and O–H groups in total. The van der Waals surface area contributed by atoms with Crippen LogP contribution >= 0.6 is 0 Å². The van der Waals surface area contributed by atoms with Crippen LogP contribution in [-0.4, -0.2) is 33.2 Å². The average Bonchev–Trinajstić information content (AvgIpc) is 2.72. The molecule has 0 aliphatic carbocycles. The van der Waals surface area contributed by atoms with E-state index in [1.807, 2.05) is 0 Å². The zero-order chi connectivity index (χ0) is 18.1. The van der Waals surface area contributed by atoms with Gasteiger partial charge in [0.2, 0.25) is 5.91 Å². The third-order valence-corrected chi connectivity index (χ3v) is 3.48. The number of benzene rings is 1. The topological polar surface area (TPSA) is 133 Å². The molecule has 24 heavy (non-hydrogen) atoms. The van der Waals surface area contributed by atoms with Crippen molar-refractivity contribution in [2.45, 2.75) is 19.4 Å².